The fourth-order valence-electron chi connectivity index (χ4n) is 2.35. The average Bonchev–Trinajstić information content (AvgIpc) is 2.64. The summed E-state index contributed by atoms with van der Waals surface area (Å²) in [7, 11) is -0.778. The van der Waals surface area contributed by atoms with Crippen LogP contribution in [0.15, 0.2) is 0 Å². The standard InChI is InChI=1S/C11H24N2O2S2/c1-13(10(8-12)4-3-6-16-2)11-5-7-17(14,15)9-11/h10-11H,3-9,12H2,1-2H3. The summed E-state index contributed by atoms with van der Waals surface area (Å²) in [5.41, 5.74) is 5.79. The van der Waals surface area contributed by atoms with Crippen LogP contribution in [0, 0.1) is 0 Å². The number of hydrogen-bond acceptors (Lipinski definition) is 5. The number of nitrogens with two attached hydrogens (primary N) is 1. The minimum atomic E-state index is -2.79. The maximum Gasteiger partial charge on any atom is 0.151 e. The lowest BCUT2D eigenvalue weighted by Crippen LogP contribution is -2.44. The molecule has 0 radical (unpaired) electrons. The van der Waals surface area contributed by atoms with Gasteiger partial charge in [0.1, 0.15) is 0 Å². The lowest BCUT2D eigenvalue weighted by atomic mass is 10.1. The molecule has 1 saturated heterocycles. The zero-order valence-electron chi connectivity index (χ0n) is 10.8. The van der Waals surface area contributed by atoms with Gasteiger partial charge in [-0.2, -0.15) is 11.8 Å². The van der Waals surface area contributed by atoms with Gasteiger partial charge in [0, 0.05) is 18.6 Å². The summed E-state index contributed by atoms with van der Waals surface area (Å²) in [6.07, 6.45) is 5.07. The third-order valence-electron chi connectivity index (χ3n) is 3.52. The van der Waals surface area contributed by atoms with Crippen LogP contribution < -0.4 is 5.73 Å². The minimum Gasteiger partial charge on any atom is -0.329 e. The summed E-state index contributed by atoms with van der Waals surface area (Å²) in [5, 5.41) is 0. The maximum absolute atomic E-state index is 11.5. The Morgan fingerprint density at radius 3 is 2.71 bits per heavy atom. The highest BCUT2D eigenvalue weighted by Gasteiger charge is 2.32. The van der Waals surface area contributed by atoms with Gasteiger partial charge in [-0.05, 0) is 38.3 Å². The van der Waals surface area contributed by atoms with E-state index in [2.05, 4.69) is 11.2 Å². The second kappa shape index (κ2) is 6.97. The number of thioether (sulfide) groups is 1. The zero-order chi connectivity index (χ0) is 12.9. The molecule has 1 aliphatic rings. The van der Waals surface area contributed by atoms with Crippen molar-refractivity contribution in [2.75, 3.05) is 37.1 Å². The largest absolute Gasteiger partial charge is 0.329 e. The van der Waals surface area contributed by atoms with Crippen molar-refractivity contribution in [1.29, 1.82) is 0 Å². The molecule has 2 N–H and O–H groups in total. The summed E-state index contributed by atoms with van der Waals surface area (Å²) in [6.45, 7) is 0.613. The third kappa shape index (κ3) is 4.77. The Kier molecular flexibility index (Phi) is 6.26. The highest BCUT2D eigenvalue weighted by molar-refractivity contribution is 7.98. The van der Waals surface area contributed by atoms with Crippen LogP contribution in [-0.2, 0) is 9.84 Å². The van der Waals surface area contributed by atoms with Gasteiger partial charge in [0.25, 0.3) is 0 Å². The van der Waals surface area contributed by atoms with Gasteiger partial charge < -0.3 is 5.73 Å². The van der Waals surface area contributed by atoms with E-state index in [0.717, 1.165) is 25.0 Å². The molecular weight excluding hydrogens is 256 g/mol. The molecular formula is C11H24N2O2S2. The van der Waals surface area contributed by atoms with Crippen molar-refractivity contribution in [3.63, 3.8) is 0 Å². The summed E-state index contributed by atoms with van der Waals surface area (Å²) in [5.74, 6) is 1.79. The molecule has 2 unspecified atom stereocenters. The van der Waals surface area contributed by atoms with E-state index in [0.29, 0.717) is 24.1 Å². The molecule has 1 heterocycles. The van der Waals surface area contributed by atoms with Crippen molar-refractivity contribution >= 4 is 21.6 Å². The first-order chi connectivity index (χ1) is 8.00. The Labute approximate surface area is 109 Å². The van der Waals surface area contributed by atoms with E-state index in [4.69, 9.17) is 5.73 Å². The van der Waals surface area contributed by atoms with Gasteiger partial charge in [0.2, 0.25) is 0 Å². The smallest absolute Gasteiger partial charge is 0.151 e. The van der Waals surface area contributed by atoms with Gasteiger partial charge in [-0.3, -0.25) is 4.90 Å². The van der Waals surface area contributed by atoms with E-state index >= 15 is 0 Å². The second-order valence-corrected chi connectivity index (χ2v) is 7.96. The quantitative estimate of drug-likeness (QED) is 0.691. The van der Waals surface area contributed by atoms with Crippen molar-refractivity contribution in [2.24, 2.45) is 5.73 Å². The Morgan fingerprint density at radius 1 is 1.53 bits per heavy atom. The Balaban J connectivity index is 2.46. The van der Waals surface area contributed by atoms with E-state index < -0.39 is 9.84 Å². The van der Waals surface area contributed by atoms with E-state index in [-0.39, 0.29) is 6.04 Å². The van der Waals surface area contributed by atoms with E-state index in [1.165, 1.54) is 0 Å². The first kappa shape index (κ1) is 15.3. The van der Waals surface area contributed by atoms with E-state index in [1.54, 1.807) is 0 Å². The fourth-order valence-corrected chi connectivity index (χ4v) is 4.59. The first-order valence-corrected chi connectivity index (χ1v) is 9.33. The summed E-state index contributed by atoms with van der Waals surface area (Å²) < 4.78 is 22.9. The molecule has 6 heteroatoms. The number of nitrogens with zero attached hydrogens (tertiary/aromatic N) is 1. The Hall–Kier alpha value is 0.220. The van der Waals surface area contributed by atoms with Gasteiger partial charge in [0.15, 0.2) is 9.84 Å². The van der Waals surface area contributed by atoms with Gasteiger partial charge in [0.05, 0.1) is 11.5 Å². The van der Waals surface area contributed by atoms with Crippen LogP contribution in [0.3, 0.4) is 0 Å². The molecule has 102 valence electrons. The topological polar surface area (TPSA) is 63.4 Å². The SMILES string of the molecule is CSCCCC(CN)N(C)C1CCS(=O)(=O)C1. The highest BCUT2D eigenvalue weighted by Crippen LogP contribution is 2.20. The number of sulfone groups is 1. The molecule has 0 bridgehead atoms. The molecule has 1 fully saturated rings. The monoisotopic (exact) mass is 280 g/mol. The molecule has 0 aliphatic carbocycles. The molecule has 0 aromatic carbocycles. The average molecular weight is 280 g/mol. The highest BCUT2D eigenvalue weighted by atomic mass is 32.2. The molecule has 4 nitrogen and oxygen atoms in total. The lowest BCUT2D eigenvalue weighted by molar-refractivity contribution is 0.182. The van der Waals surface area contributed by atoms with E-state index in [1.807, 2.05) is 18.8 Å². The first-order valence-electron chi connectivity index (χ1n) is 6.11. The normalized spacial score (nSPS) is 25.3. The van der Waals surface area contributed by atoms with Crippen molar-refractivity contribution < 1.29 is 8.42 Å². The number of likely N-dealkylation sites (N-methyl/N-ethyl adjacent to an activating group) is 1. The molecule has 0 amide bonds. The summed E-state index contributed by atoms with van der Waals surface area (Å²) >= 11 is 1.84. The molecule has 0 saturated carbocycles. The predicted octanol–water partition coefficient (Wildman–Crippen LogP) is 0.576. The van der Waals surface area contributed by atoms with Crippen LogP contribution >= 0.6 is 11.8 Å². The van der Waals surface area contributed by atoms with Crippen LogP contribution in [0.4, 0.5) is 0 Å². The van der Waals surface area contributed by atoms with Crippen molar-refractivity contribution in [2.45, 2.75) is 31.3 Å². The maximum atomic E-state index is 11.5. The third-order valence-corrected chi connectivity index (χ3v) is 5.97. The molecule has 1 rings (SSSR count). The van der Waals surface area contributed by atoms with Crippen LogP contribution in [0.5, 0.6) is 0 Å². The molecule has 2 atom stereocenters. The molecule has 0 spiro atoms. The molecule has 1 aliphatic heterocycles. The Morgan fingerprint density at radius 2 is 2.24 bits per heavy atom. The van der Waals surface area contributed by atoms with Crippen molar-refractivity contribution in [3.8, 4) is 0 Å². The van der Waals surface area contributed by atoms with Crippen LogP contribution in [0.1, 0.15) is 19.3 Å². The number of rotatable bonds is 7. The van der Waals surface area contributed by atoms with Crippen molar-refractivity contribution in [1.82, 2.24) is 4.90 Å². The predicted molar refractivity (Wildman–Crippen MR) is 75.3 cm³/mol. The number of hydrogen-bond donors (Lipinski definition) is 1. The fraction of sp³-hybridized carbons (Fsp3) is 1.00. The Bertz CT molecular complexity index is 319. The van der Waals surface area contributed by atoms with Gasteiger partial charge in [-0.25, -0.2) is 8.42 Å². The van der Waals surface area contributed by atoms with Crippen LogP contribution in [-0.4, -0.2) is 62.5 Å². The van der Waals surface area contributed by atoms with Gasteiger partial charge in [-0.15, -0.1) is 0 Å². The lowest BCUT2D eigenvalue weighted by Gasteiger charge is -2.31. The van der Waals surface area contributed by atoms with Crippen LogP contribution in [0.25, 0.3) is 0 Å². The second-order valence-electron chi connectivity index (χ2n) is 4.75. The van der Waals surface area contributed by atoms with Gasteiger partial charge in [-0.1, -0.05) is 0 Å². The molecule has 0 aromatic rings. The van der Waals surface area contributed by atoms with E-state index in [9.17, 15) is 8.42 Å². The van der Waals surface area contributed by atoms with Gasteiger partial charge >= 0.3 is 0 Å². The van der Waals surface area contributed by atoms with Crippen molar-refractivity contribution in [3.05, 3.63) is 0 Å². The molecule has 0 aromatic heterocycles. The summed E-state index contributed by atoms with van der Waals surface area (Å²) in [4.78, 5) is 2.19. The zero-order valence-corrected chi connectivity index (χ0v) is 12.4. The molecule has 17 heavy (non-hydrogen) atoms. The van der Waals surface area contributed by atoms with Crippen LogP contribution in [0.2, 0.25) is 0 Å². The minimum absolute atomic E-state index is 0.169. The summed E-state index contributed by atoms with van der Waals surface area (Å²) in [6, 6.07) is 0.489.